The van der Waals surface area contributed by atoms with E-state index in [1.54, 1.807) is 16.4 Å². The SMILES string of the molecule is Cn1nnnc1SCCCNCc1cccc(OCc2ccc(Cl)cc2)c1.[Cl-]. The summed E-state index contributed by atoms with van der Waals surface area (Å²) in [5, 5.41) is 16.5. The molecule has 0 unspecified atom stereocenters. The van der Waals surface area contributed by atoms with Crippen LogP contribution in [0.4, 0.5) is 0 Å². The van der Waals surface area contributed by atoms with Crippen LogP contribution >= 0.6 is 23.4 Å². The van der Waals surface area contributed by atoms with Crippen molar-refractivity contribution in [1.29, 1.82) is 0 Å². The van der Waals surface area contributed by atoms with Gasteiger partial charge < -0.3 is 22.5 Å². The molecule has 0 saturated carbocycles. The first-order chi connectivity index (χ1) is 13.2. The topological polar surface area (TPSA) is 64.9 Å². The predicted molar refractivity (Wildman–Crippen MR) is 108 cm³/mol. The Morgan fingerprint density at radius 1 is 1.14 bits per heavy atom. The number of aryl methyl sites for hydroxylation is 1. The second-order valence-electron chi connectivity index (χ2n) is 6.03. The van der Waals surface area contributed by atoms with Gasteiger partial charge in [-0.3, -0.25) is 0 Å². The second-order valence-corrected chi connectivity index (χ2v) is 7.52. The summed E-state index contributed by atoms with van der Waals surface area (Å²) in [7, 11) is 1.85. The van der Waals surface area contributed by atoms with Crippen LogP contribution in [0.5, 0.6) is 5.75 Å². The molecule has 0 aliphatic rings. The first-order valence-electron chi connectivity index (χ1n) is 8.73. The molecule has 2 aromatic carbocycles. The Morgan fingerprint density at radius 2 is 1.96 bits per heavy atom. The first kappa shape index (κ1) is 22.5. The van der Waals surface area contributed by atoms with E-state index in [1.165, 1.54) is 5.56 Å². The highest BCUT2D eigenvalue weighted by Gasteiger charge is 2.02. The maximum atomic E-state index is 5.90. The molecule has 6 nitrogen and oxygen atoms in total. The van der Waals surface area contributed by atoms with Gasteiger partial charge in [0, 0.05) is 24.4 Å². The zero-order chi connectivity index (χ0) is 18.9. The highest BCUT2D eigenvalue weighted by atomic mass is 35.5. The summed E-state index contributed by atoms with van der Waals surface area (Å²) in [6.45, 7) is 2.28. The maximum Gasteiger partial charge on any atom is 0.209 e. The lowest BCUT2D eigenvalue weighted by Crippen LogP contribution is -3.00. The minimum absolute atomic E-state index is 0. The minimum atomic E-state index is 0. The summed E-state index contributed by atoms with van der Waals surface area (Å²) < 4.78 is 7.56. The van der Waals surface area contributed by atoms with Gasteiger partial charge in [0.05, 0.1) is 0 Å². The molecule has 0 atom stereocenters. The van der Waals surface area contributed by atoms with E-state index >= 15 is 0 Å². The summed E-state index contributed by atoms with van der Waals surface area (Å²) in [5.41, 5.74) is 2.30. The van der Waals surface area contributed by atoms with Crippen molar-refractivity contribution in [2.75, 3.05) is 12.3 Å². The monoisotopic (exact) mass is 438 g/mol. The normalized spacial score (nSPS) is 10.5. The number of ether oxygens (including phenoxy) is 1. The largest absolute Gasteiger partial charge is 1.00 e. The molecule has 1 aromatic heterocycles. The Hall–Kier alpha value is -1.80. The van der Waals surface area contributed by atoms with E-state index < -0.39 is 0 Å². The van der Waals surface area contributed by atoms with Gasteiger partial charge in [-0.2, -0.15) is 0 Å². The Bertz CT molecular complexity index is 844. The van der Waals surface area contributed by atoms with Crippen LogP contribution in [0.15, 0.2) is 53.7 Å². The number of nitrogens with one attached hydrogen (secondary N) is 1. The van der Waals surface area contributed by atoms with Crippen molar-refractivity contribution in [3.05, 3.63) is 64.7 Å². The molecule has 3 rings (SSSR count). The van der Waals surface area contributed by atoms with E-state index in [9.17, 15) is 0 Å². The van der Waals surface area contributed by atoms with Gasteiger partial charge in [-0.15, -0.1) is 5.10 Å². The van der Waals surface area contributed by atoms with Gasteiger partial charge in [-0.05, 0) is 58.8 Å². The Balaban J connectivity index is 0.00000280. The zero-order valence-electron chi connectivity index (χ0n) is 15.5. The van der Waals surface area contributed by atoms with Crippen molar-refractivity contribution in [2.45, 2.75) is 24.7 Å². The van der Waals surface area contributed by atoms with Crippen molar-refractivity contribution >= 4 is 23.4 Å². The predicted octanol–water partition coefficient (Wildman–Crippen LogP) is 0.718. The standard InChI is InChI=1S/C19H22ClN5OS.ClH/c1-25-19(22-23-24-25)27-11-3-10-21-13-16-4-2-5-18(12-16)26-14-15-6-8-17(20)9-7-15;/h2,4-9,12,21H,3,10-11,13-14H2,1H3;1H/p-1. The van der Waals surface area contributed by atoms with Gasteiger partial charge in [-0.1, -0.05) is 47.6 Å². The molecule has 1 heterocycles. The van der Waals surface area contributed by atoms with Gasteiger partial charge in [0.2, 0.25) is 5.16 Å². The number of hydrogen-bond donors (Lipinski definition) is 1. The highest BCUT2D eigenvalue weighted by molar-refractivity contribution is 7.99. The molecule has 0 aliphatic heterocycles. The molecule has 0 bridgehead atoms. The quantitative estimate of drug-likeness (QED) is 0.371. The molecule has 0 radical (unpaired) electrons. The van der Waals surface area contributed by atoms with E-state index in [0.29, 0.717) is 6.61 Å². The molecule has 0 fully saturated rings. The van der Waals surface area contributed by atoms with Crippen LogP contribution in [0.25, 0.3) is 0 Å². The smallest absolute Gasteiger partial charge is 0.209 e. The number of tetrazole rings is 1. The fourth-order valence-corrected chi connectivity index (χ4v) is 3.34. The number of hydrogen-bond acceptors (Lipinski definition) is 6. The number of nitrogens with zero attached hydrogens (tertiary/aromatic N) is 4. The lowest BCUT2D eigenvalue weighted by Gasteiger charge is -2.09. The lowest BCUT2D eigenvalue weighted by atomic mass is 10.2. The fourth-order valence-electron chi connectivity index (χ4n) is 2.43. The van der Waals surface area contributed by atoms with Crippen LogP contribution in [0.1, 0.15) is 17.5 Å². The number of rotatable bonds is 10. The number of aromatic nitrogens is 4. The second kappa shape index (κ2) is 11.9. The molecule has 0 aliphatic carbocycles. The summed E-state index contributed by atoms with van der Waals surface area (Å²) >= 11 is 7.57. The summed E-state index contributed by atoms with van der Waals surface area (Å²) in [6.07, 6.45) is 1.05. The first-order valence-corrected chi connectivity index (χ1v) is 10.1. The number of thioether (sulfide) groups is 1. The third-order valence-electron chi connectivity index (χ3n) is 3.86. The summed E-state index contributed by atoms with van der Waals surface area (Å²) in [5.74, 6) is 1.85. The molecule has 28 heavy (non-hydrogen) atoms. The molecule has 9 heteroatoms. The van der Waals surface area contributed by atoms with Crippen molar-refractivity contribution in [1.82, 2.24) is 25.5 Å². The van der Waals surface area contributed by atoms with Crippen LogP contribution in [-0.2, 0) is 20.2 Å². The van der Waals surface area contributed by atoms with Crippen LogP contribution in [0, 0.1) is 0 Å². The molecule has 0 saturated heterocycles. The summed E-state index contributed by atoms with van der Waals surface area (Å²) in [4.78, 5) is 0. The van der Waals surface area contributed by atoms with Crippen LogP contribution in [0.3, 0.4) is 0 Å². The third kappa shape index (κ3) is 7.31. The van der Waals surface area contributed by atoms with Crippen molar-refractivity contribution in [2.24, 2.45) is 7.05 Å². The van der Waals surface area contributed by atoms with Crippen LogP contribution < -0.4 is 22.5 Å². The van der Waals surface area contributed by atoms with E-state index in [4.69, 9.17) is 16.3 Å². The van der Waals surface area contributed by atoms with Gasteiger partial charge in [-0.25, -0.2) is 4.68 Å². The minimum Gasteiger partial charge on any atom is -1.00 e. The lowest BCUT2D eigenvalue weighted by molar-refractivity contribution is -0.00000600. The van der Waals surface area contributed by atoms with Gasteiger partial charge in [0.25, 0.3) is 0 Å². The third-order valence-corrected chi connectivity index (χ3v) is 5.21. The summed E-state index contributed by atoms with van der Waals surface area (Å²) in [6, 6.07) is 15.9. The maximum absolute atomic E-state index is 5.90. The van der Waals surface area contributed by atoms with E-state index in [-0.39, 0.29) is 12.4 Å². The van der Waals surface area contributed by atoms with E-state index in [1.807, 2.05) is 43.4 Å². The van der Waals surface area contributed by atoms with Crippen LogP contribution in [0.2, 0.25) is 5.02 Å². The number of halogens is 2. The number of benzene rings is 2. The Morgan fingerprint density at radius 3 is 2.71 bits per heavy atom. The molecule has 1 N–H and O–H groups in total. The van der Waals surface area contributed by atoms with E-state index in [2.05, 4.69) is 33.0 Å². The van der Waals surface area contributed by atoms with E-state index in [0.717, 1.165) is 46.8 Å². The van der Waals surface area contributed by atoms with Gasteiger partial charge >= 0.3 is 0 Å². The molecule has 0 amide bonds. The molecular weight excluding hydrogens is 417 g/mol. The fraction of sp³-hybridized carbons (Fsp3) is 0.316. The Kier molecular flexibility index (Phi) is 9.57. The average Bonchev–Trinajstić information content (AvgIpc) is 3.09. The average molecular weight is 439 g/mol. The van der Waals surface area contributed by atoms with Crippen LogP contribution in [-0.4, -0.2) is 32.5 Å². The zero-order valence-corrected chi connectivity index (χ0v) is 17.8. The van der Waals surface area contributed by atoms with Crippen molar-refractivity contribution in [3.63, 3.8) is 0 Å². The molecule has 150 valence electrons. The van der Waals surface area contributed by atoms with Crippen molar-refractivity contribution in [3.8, 4) is 5.75 Å². The van der Waals surface area contributed by atoms with Crippen molar-refractivity contribution < 1.29 is 17.1 Å². The molecule has 0 spiro atoms. The molecule has 3 aromatic rings. The Labute approximate surface area is 180 Å². The molecular formula is C19H22Cl2N5OS-. The van der Waals surface area contributed by atoms with Gasteiger partial charge in [0.15, 0.2) is 0 Å². The van der Waals surface area contributed by atoms with Gasteiger partial charge in [0.1, 0.15) is 12.4 Å². The highest BCUT2D eigenvalue weighted by Crippen LogP contribution is 2.17.